The van der Waals surface area contributed by atoms with Gasteiger partial charge in [-0.15, -0.1) is 0 Å². The third-order valence-electron chi connectivity index (χ3n) is 4.74. The molecule has 4 rings (SSSR count). The summed E-state index contributed by atoms with van der Waals surface area (Å²) in [5.41, 5.74) is 3.61. The van der Waals surface area contributed by atoms with Crippen LogP contribution in [0.5, 0.6) is 11.6 Å². The Morgan fingerprint density at radius 2 is 1.88 bits per heavy atom. The molecule has 0 unspecified atom stereocenters. The molecule has 2 aromatic carbocycles. The standard InChI is InChI=1S/C24H22ClN5O2/c1-16-12-17(2)30(29-16)22-14-24(27-15-26-22)32-21-9-7-20(8-10-21)28-23(31)11-6-18-4-3-5-19(25)13-18/h3-5,7-10,12-15H,6,11H2,1-2H3,(H,28,31). The Balaban J connectivity index is 1.35. The normalized spacial score (nSPS) is 10.7. The van der Waals surface area contributed by atoms with E-state index in [1.165, 1.54) is 6.33 Å². The lowest BCUT2D eigenvalue weighted by molar-refractivity contribution is -0.116. The highest BCUT2D eigenvalue weighted by Gasteiger charge is 2.09. The zero-order valence-corrected chi connectivity index (χ0v) is 18.5. The summed E-state index contributed by atoms with van der Waals surface area (Å²) in [5.74, 6) is 1.56. The number of nitrogens with zero attached hydrogens (tertiary/aromatic N) is 4. The van der Waals surface area contributed by atoms with Crippen molar-refractivity contribution in [1.29, 1.82) is 0 Å². The number of rotatable bonds is 7. The van der Waals surface area contributed by atoms with Gasteiger partial charge in [-0.25, -0.2) is 14.6 Å². The average molecular weight is 448 g/mol. The van der Waals surface area contributed by atoms with E-state index in [1.54, 1.807) is 35.0 Å². The first-order chi connectivity index (χ1) is 15.5. The van der Waals surface area contributed by atoms with Crippen LogP contribution in [-0.2, 0) is 11.2 Å². The van der Waals surface area contributed by atoms with Gasteiger partial charge >= 0.3 is 0 Å². The van der Waals surface area contributed by atoms with Crippen LogP contribution in [0.4, 0.5) is 5.69 Å². The molecule has 8 heteroatoms. The summed E-state index contributed by atoms with van der Waals surface area (Å²) in [7, 11) is 0. The second-order valence-corrected chi connectivity index (χ2v) is 7.79. The van der Waals surface area contributed by atoms with Crippen LogP contribution in [0.15, 0.2) is 67.0 Å². The number of aryl methyl sites for hydroxylation is 3. The Hall–Kier alpha value is -3.71. The summed E-state index contributed by atoms with van der Waals surface area (Å²) in [6, 6.07) is 18.4. The van der Waals surface area contributed by atoms with Gasteiger partial charge in [0.05, 0.1) is 5.69 Å². The van der Waals surface area contributed by atoms with Gasteiger partial charge in [0.1, 0.15) is 12.1 Å². The lowest BCUT2D eigenvalue weighted by atomic mass is 10.1. The molecule has 0 spiro atoms. The van der Waals surface area contributed by atoms with Crippen LogP contribution in [-0.4, -0.2) is 25.7 Å². The molecule has 2 heterocycles. The summed E-state index contributed by atoms with van der Waals surface area (Å²) in [6.45, 7) is 3.89. The van der Waals surface area contributed by atoms with Crippen molar-refractivity contribution in [3.63, 3.8) is 0 Å². The van der Waals surface area contributed by atoms with Gasteiger partial charge in [-0.05, 0) is 68.3 Å². The molecule has 0 aliphatic heterocycles. The minimum absolute atomic E-state index is 0.0658. The van der Waals surface area contributed by atoms with Crippen molar-refractivity contribution in [3.8, 4) is 17.4 Å². The van der Waals surface area contributed by atoms with Crippen molar-refractivity contribution >= 4 is 23.2 Å². The quantitative estimate of drug-likeness (QED) is 0.416. The van der Waals surface area contributed by atoms with Crippen molar-refractivity contribution < 1.29 is 9.53 Å². The fraction of sp³-hybridized carbons (Fsp3) is 0.167. The van der Waals surface area contributed by atoms with Crippen LogP contribution in [0.25, 0.3) is 5.82 Å². The Morgan fingerprint density at radius 1 is 1.06 bits per heavy atom. The molecule has 0 atom stereocenters. The average Bonchev–Trinajstić information content (AvgIpc) is 3.12. The molecule has 0 saturated heterocycles. The van der Waals surface area contributed by atoms with Gasteiger partial charge in [-0.1, -0.05) is 23.7 Å². The molecule has 0 saturated carbocycles. The van der Waals surface area contributed by atoms with Crippen molar-refractivity contribution in [3.05, 3.63) is 89.0 Å². The Labute approximate surface area is 191 Å². The maximum atomic E-state index is 12.2. The van der Waals surface area contributed by atoms with E-state index in [1.807, 2.05) is 44.2 Å². The number of halogens is 1. The van der Waals surface area contributed by atoms with E-state index < -0.39 is 0 Å². The second kappa shape index (κ2) is 9.62. The Kier molecular flexibility index (Phi) is 6.47. The van der Waals surface area contributed by atoms with Gasteiger partial charge < -0.3 is 10.1 Å². The number of carbonyl (C=O) groups excluding carboxylic acids is 1. The smallest absolute Gasteiger partial charge is 0.224 e. The SMILES string of the molecule is Cc1cc(C)n(-c2cc(Oc3ccc(NC(=O)CCc4cccc(Cl)c4)cc3)ncn2)n1. The predicted molar refractivity (Wildman–Crippen MR) is 124 cm³/mol. The first kappa shape index (κ1) is 21.5. The summed E-state index contributed by atoms with van der Waals surface area (Å²) in [6.07, 6.45) is 2.43. The van der Waals surface area contributed by atoms with Crippen molar-refractivity contribution in [2.45, 2.75) is 26.7 Å². The Bertz CT molecular complexity index is 1240. The molecule has 2 aromatic heterocycles. The Morgan fingerprint density at radius 3 is 2.59 bits per heavy atom. The van der Waals surface area contributed by atoms with Crippen LogP contribution in [0, 0.1) is 13.8 Å². The number of amides is 1. The molecule has 0 bridgehead atoms. The molecule has 7 nitrogen and oxygen atoms in total. The van der Waals surface area contributed by atoms with Crippen LogP contribution >= 0.6 is 11.6 Å². The number of carbonyl (C=O) groups is 1. The molecule has 0 radical (unpaired) electrons. The zero-order valence-electron chi connectivity index (χ0n) is 17.7. The molecular weight excluding hydrogens is 426 g/mol. The fourth-order valence-corrected chi connectivity index (χ4v) is 3.48. The van der Waals surface area contributed by atoms with Crippen molar-refractivity contribution in [2.75, 3.05) is 5.32 Å². The van der Waals surface area contributed by atoms with E-state index in [2.05, 4.69) is 20.4 Å². The predicted octanol–water partition coefficient (Wildman–Crippen LogP) is 5.30. The highest BCUT2D eigenvalue weighted by atomic mass is 35.5. The zero-order chi connectivity index (χ0) is 22.5. The summed E-state index contributed by atoms with van der Waals surface area (Å²) < 4.78 is 7.59. The lowest BCUT2D eigenvalue weighted by Gasteiger charge is -2.09. The number of ether oxygens (including phenoxy) is 1. The van der Waals surface area contributed by atoms with Crippen LogP contribution in [0.3, 0.4) is 0 Å². The maximum absolute atomic E-state index is 12.2. The van der Waals surface area contributed by atoms with Gasteiger partial charge in [0.2, 0.25) is 11.8 Å². The number of hydrogen-bond acceptors (Lipinski definition) is 5. The van der Waals surface area contributed by atoms with Crippen molar-refractivity contribution in [1.82, 2.24) is 19.7 Å². The van der Waals surface area contributed by atoms with Gasteiger partial charge in [-0.3, -0.25) is 4.79 Å². The third-order valence-corrected chi connectivity index (χ3v) is 4.98. The minimum Gasteiger partial charge on any atom is -0.439 e. The van der Waals surface area contributed by atoms with E-state index in [9.17, 15) is 4.79 Å². The summed E-state index contributed by atoms with van der Waals surface area (Å²) >= 11 is 5.99. The van der Waals surface area contributed by atoms with Crippen LogP contribution < -0.4 is 10.1 Å². The van der Waals surface area contributed by atoms with Crippen LogP contribution in [0.2, 0.25) is 5.02 Å². The van der Waals surface area contributed by atoms with Crippen LogP contribution in [0.1, 0.15) is 23.4 Å². The molecule has 1 N–H and O–H groups in total. The number of nitrogens with one attached hydrogen (secondary N) is 1. The number of benzene rings is 2. The maximum Gasteiger partial charge on any atom is 0.224 e. The first-order valence-corrected chi connectivity index (χ1v) is 10.5. The number of aromatic nitrogens is 4. The number of anilines is 1. The topological polar surface area (TPSA) is 81.9 Å². The van der Waals surface area contributed by atoms with Gasteiger partial charge in [-0.2, -0.15) is 5.10 Å². The molecule has 0 fully saturated rings. The lowest BCUT2D eigenvalue weighted by Crippen LogP contribution is -2.12. The monoisotopic (exact) mass is 447 g/mol. The van der Waals surface area contributed by atoms with Crippen molar-refractivity contribution in [2.24, 2.45) is 0 Å². The van der Waals surface area contributed by atoms with Gasteiger partial charge in [0.25, 0.3) is 0 Å². The molecule has 0 aliphatic carbocycles. The summed E-state index contributed by atoms with van der Waals surface area (Å²) in [5, 5.41) is 7.99. The largest absolute Gasteiger partial charge is 0.439 e. The highest BCUT2D eigenvalue weighted by Crippen LogP contribution is 2.23. The fourth-order valence-electron chi connectivity index (χ4n) is 3.26. The van der Waals surface area contributed by atoms with Gasteiger partial charge in [0, 0.05) is 28.9 Å². The third kappa shape index (κ3) is 5.50. The second-order valence-electron chi connectivity index (χ2n) is 7.36. The molecule has 0 aliphatic rings. The molecule has 162 valence electrons. The van der Waals surface area contributed by atoms with Gasteiger partial charge in [0.15, 0.2) is 5.82 Å². The highest BCUT2D eigenvalue weighted by molar-refractivity contribution is 6.30. The van der Waals surface area contributed by atoms with E-state index in [0.717, 1.165) is 17.0 Å². The van der Waals surface area contributed by atoms with E-state index in [4.69, 9.17) is 16.3 Å². The minimum atomic E-state index is -0.0658. The first-order valence-electron chi connectivity index (χ1n) is 10.1. The van der Waals surface area contributed by atoms with E-state index >= 15 is 0 Å². The summed E-state index contributed by atoms with van der Waals surface area (Å²) in [4.78, 5) is 20.7. The van der Waals surface area contributed by atoms with E-state index in [-0.39, 0.29) is 5.91 Å². The van der Waals surface area contributed by atoms with E-state index in [0.29, 0.717) is 41.0 Å². The molecule has 4 aromatic rings. The molecule has 1 amide bonds. The molecular formula is C24H22ClN5O2. The molecule has 32 heavy (non-hydrogen) atoms. The number of hydrogen-bond donors (Lipinski definition) is 1.